The predicted octanol–water partition coefficient (Wildman–Crippen LogP) is 3.53. The fraction of sp³-hybridized carbons (Fsp3) is 0.308. The molecule has 0 fully saturated rings. The van der Waals surface area contributed by atoms with Crippen LogP contribution in [0, 0.1) is 6.92 Å². The Kier molecular flexibility index (Phi) is 3.73. The van der Waals surface area contributed by atoms with E-state index in [4.69, 9.17) is 5.73 Å². The monoisotopic (exact) mass is 280 g/mol. The lowest BCUT2D eigenvalue weighted by Gasteiger charge is -2.23. The molecule has 0 radical (unpaired) electrons. The van der Waals surface area contributed by atoms with E-state index < -0.39 is 0 Å². The fourth-order valence-electron chi connectivity index (χ4n) is 1.67. The molecule has 0 spiro atoms. The van der Waals surface area contributed by atoms with Crippen LogP contribution in [0.25, 0.3) is 0 Å². The molecule has 2 heterocycles. The predicted molar refractivity (Wildman–Crippen MR) is 78.3 cm³/mol. The zero-order valence-electron chi connectivity index (χ0n) is 10.6. The molecule has 3 nitrogen and oxygen atoms in total. The van der Waals surface area contributed by atoms with Crippen LogP contribution < -0.4 is 5.73 Å². The zero-order valence-corrected chi connectivity index (χ0v) is 12.3. The molecule has 0 aliphatic rings. The van der Waals surface area contributed by atoms with E-state index >= 15 is 0 Å². The maximum atomic E-state index is 12.3. The maximum absolute atomic E-state index is 12.3. The number of nitrogens with two attached hydrogens (primary N) is 1. The molecule has 0 bridgehead atoms. The number of nitrogen functional groups attached to an aromatic ring is 1. The van der Waals surface area contributed by atoms with Crippen molar-refractivity contribution >= 4 is 34.3 Å². The minimum atomic E-state index is 0.0284. The summed E-state index contributed by atoms with van der Waals surface area (Å²) in [6.45, 7) is 3.97. The van der Waals surface area contributed by atoms with Crippen molar-refractivity contribution in [2.24, 2.45) is 0 Å². The summed E-state index contributed by atoms with van der Waals surface area (Å²) in [4.78, 5) is 17.0. The highest BCUT2D eigenvalue weighted by Gasteiger charge is 2.21. The summed E-state index contributed by atoms with van der Waals surface area (Å²) < 4.78 is 0. The molecule has 1 unspecified atom stereocenters. The number of aryl methyl sites for hydroxylation is 1. The first-order valence-corrected chi connectivity index (χ1v) is 7.36. The van der Waals surface area contributed by atoms with Crippen LogP contribution in [-0.4, -0.2) is 17.9 Å². The van der Waals surface area contributed by atoms with E-state index in [0.29, 0.717) is 10.6 Å². The van der Waals surface area contributed by atoms with Crippen molar-refractivity contribution in [2.45, 2.75) is 19.9 Å². The van der Waals surface area contributed by atoms with Gasteiger partial charge >= 0.3 is 0 Å². The summed E-state index contributed by atoms with van der Waals surface area (Å²) in [5.41, 5.74) is 6.49. The number of amides is 1. The van der Waals surface area contributed by atoms with Crippen LogP contribution in [0.15, 0.2) is 23.6 Å². The van der Waals surface area contributed by atoms with Gasteiger partial charge in [0.15, 0.2) is 0 Å². The van der Waals surface area contributed by atoms with E-state index in [2.05, 4.69) is 0 Å². The minimum Gasteiger partial charge on any atom is -0.398 e. The van der Waals surface area contributed by atoms with E-state index in [9.17, 15) is 4.79 Å². The summed E-state index contributed by atoms with van der Waals surface area (Å²) in [5, 5.41) is 2.03. The molecule has 2 aromatic heterocycles. The van der Waals surface area contributed by atoms with Crippen LogP contribution in [-0.2, 0) is 0 Å². The number of carbonyl (C=O) groups excluding carboxylic acids is 1. The molecule has 0 saturated heterocycles. The highest BCUT2D eigenvalue weighted by Crippen LogP contribution is 2.28. The second-order valence-corrected chi connectivity index (χ2v) is 6.47. The summed E-state index contributed by atoms with van der Waals surface area (Å²) in [6, 6.07) is 5.90. The first-order valence-electron chi connectivity index (χ1n) is 5.67. The molecule has 1 atom stereocenters. The topological polar surface area (TPSA) is 46.3 Å². The second kappa shape index (κ2) is 5.12. The molecule has 96 valence electrons. The number of nitrogens with zero attached hydrogens (tertiary/aromatic N) is 1. The lowest BCUT2D eigenvalue weighted by molar-refractivity contribution is 0.0750. The standard InChI is InChI=1S/C13H16N2OS2/c1-8(11-5-4-6-17-11)15(3)13(16)12-7-10(14)9(2)18-12/h4-8H,14H2,1-3H3. The highest BCUT2D eigenvalue weighted by atomic mass is 32.1. The van der Waals surface area contributed by atoms with Gasteiger partial charge in [-0.1, -0.05) is 6.07 Å². The molecule has 1 amide bonds. The molecule has 0 saturated carbocycles. The highest BCUT2D eigenvalue weighted by molar-refractivity contribution is 7.14. The van der Waals surface area contributed by atoms with E-state index in [-0.39, 0.29) is 11.9 Å². The van der Waals surface area contributed by atoms with Gasteiger partial charge in [0.05, 0.1) is 10.9 Å². The fourth-order valence-corrected chi connectivity index (χ4v) is 3.42. The van der Waals surface area contributed by atoms with Gasteiger partial charge in [-0.3, -0.25) is 4.79 Å². The Morgan fingerprint density at radius 1 is 1.50 bits per heavy atom. The first kappa shape index (κ1) is 13.1. The van der Waals surface area contributed by atoms with E-state index in [1.54, 1.807) is 22.3 Å². The Hall–Kier alpha value is -1.33. The van der Waals surface area contributed by atoms with Gasteiger partial charge < -0.3 is 10.6 Å². The first-order chi connectivity index (χ1) is 8.50. The normalized spacial score (nSPS) is 12.4. The average molecular weight is 280 g/mol. The third-order valence-corrected chi connectivity index (χ3v) is 5.12. The van der Waals surface area contributed by atoms with Gasteiger partial charge in [0, 0.05) is 22.5 Å². The number of thiophene rings is 2. The number of hydrogen-bond acceptors (Lipinski definition) is 4. The van der Waals surface area contributed by atoms with Gasteiger partial charge in [0.25, 0.3) is 5.91 Å². The summed E-state index contributed by atoms with van der Waals surface area (Å²) >= 11 is 3.12. The van der Waals surface area contributed by atoms with Crippen molar-refractivity contribution in [3.8, 4) is 0 Å². The van der Waals surface area contributed by atoms with Gasteiger partial charge in [0.1, 0.15) is 0 Å². The van der Waals surface area contributed by atoms with Crippen molar-refractivity contribution in [1.29, 1.82) is 0 Å². The maximum Gasteiger partial charge on any atom is 0.264 e. The quantitative estimate of drug-likeness (QED) is 0.935. The third-order valence-electron chi connectivity index (χ3n) is 3.02. The minimum absolute atomic E-state index is 0.0284. The van der Waals surface area contributed by atoms with E-state index in [1.165, 1.54) is 16.2 Å². The third kappa shape index (κ3) is 2.42. The zero-order chi connectivity index (χ0) is 13.3. The Labute approximate surface area is 115 Å². The molecule has 0 aliphatic heterocycles. The molecule has 2 aromatic rings. The van der Waals surface area contributed by atoms with Gasteiger partial charge in [-0.2, -0.15) is 0 Å². The summed E-state index contributed by atoms with van der Waals surface area (Å²) in [6.07, 6.45) is 0. The largest absolute Gasteiger partial charge is 0.398 e. The number of anilines is 1. The molecule has 18 heavy (non-hydrogen) atoms. The van der Waals surface area contributed by atoms with Gasteiger partial charge in [-0.05, 0) is 31.4 Å². The van der Waals surface area contributed by atoms with Crippen LogP contribution in [0.2, 0.25) is 0 Å². The van der Waals surface area contributed by atoms with E-state index in [0.717, 1.165) is 4.88 Å². The van der Waals surface area contributed by atoms with Crippen molar-refractivity contribution in [3.63, 3.8) is 0 Å². The summed E-state index contributed by atoms with van der Waals surface area (Å²) in [5.74, 6) is 0.0284. The van der Waals surface area contributed by atoms with Crippen molar-refractivity contribution in [1.82, 2.24) is 4.90 Å². The van der Waals surface area contributed by atoms with Crippen molar-refractivity contribution < 1.29 is 4.79 Å². The Bertz CT molecular complexity index is 526. The Morgan fingerprint density at radius 2 is 2.22 bits per heavy atom. The Morgan fingerprint density at radius 3 is 2.72 bits per heavy atom. The molecule has 0 aromatic carbocycles. The smallest absolute Gasteiger partial charge is 0.264 e. The van der Waals surface area contributed by atoms with Crippen molar-refractivity contribution in [2.75, 3.05) is 12.8 Å². The molecule has 0 aliphatic carbocycles. The van der Waals surface area contributed by atoms with Crippen LogP contribution in [0.4, 0.5) is 5.69 Å². The summed E-state index contributed by atoms with van der Waals surface area (Å²) in [7, 11) is 1.83. The van der Waals surface area contributed by atoms with Crippen LogP contribution in [0.1, 0.15) is 32.4 Å². The molecule has 5 heteroatoms. The van der Waals surface area contributed by atoms with Gasteiger partial charge in [-0.15, -0.1) is 22.7 Å². The van der Waals surface area contributed by atoms with Crippen LogP contribution >= 0.6 is 22.7 Å². The number of hydrogen-bond donors (Lipinski definition) is 1. The molecule has 2 rings (SSSR count). The SMILES string of the molecule is Cc1sc(C(=O)N(C)C(C)c2cccs2)cc1N. The second-order valence-electron chi connectivity index (χ2n) is 4.23. The number of carbonyl (C=O) groups is 1. The number of rotatable bonds is 3. The average Bonchev–Trinajstić information content (AvgIpc) is 2.97. The van der Waals surface area contributed by atoms with Crippen LogP contribution in [0.5, 0.6) is 0 Å². The molecule has 2 N–H and O–H groups in total. The molecular formula is C13H16N2OS2. The van der Waals surface area contributed by atoms with Crippen molar-refractivity contribution in [3.05, 3.63) is 38.2 Å². The lowest BCUT2D eigenvalue weighted by atomic mass is 10.2. The van der Waals surface area contributed by atoms with Crippen LogP contribution in [0.3, 0.4) is 0 Å². The van der Waals surface area contributed by atoms with Gasteiger partial charge in [-0.25, -0.2) is 0 Å². The van der Waals surface area contributed by atoms with E-state index in [1.807, 2.05) is 38.4 Å². The Balaban J connectivity index is 2.18. The molecular weight excluding hydrogens is 264 g/mol. The lowest BCUT2D eigenvalue weighted by Crippen LogP contribution is -2.28. The van der Waals surface area contributed by atoms with Gasteiger partial charge in [0.2, 0.25) is 0 Å².